The lowest BCUT2D eigenvalue weighted by atomic mass is 10.3. The lowest BCUT2D eigenvalue weighted by molar-refractivity contribution is -0.384. The van der Waals surface area contributed by atoms with Gasteiger partial charge in [0.25, 0.3) is 5.69 Å². The number of sulfonamides is 1. The molecule has 0 radical (unpaired) electrons. The van der Waals surface area contributed by atoms with Crippen LogP contribution >= 0.6 is 0 Å². The van der Waals surface area contributed by atoms with E-state index in [1.807, 2.05) is 19.0 Å². The first kappa shape index (κ1) is 17.4. The van der Waals surface area contributed by atoms with Gasteiger partial charge >= 0.3 is 0 Å². The van der Waals surface area contributed by atoms with Gasteiger partial charge in [0.1, 0.15) is 0 Å². The molecular weight excluding hydrogens is 294 g/mol. The molecule has 8 heteroatoms. The zero-order chi connectivity index (χ0) is 16.2. The fourth-order valence-electron chi connectivity index (χ4n) is 1.69. The third-order valence-corrected chi connectivity index (χ3v) is 5.20. The monoisotopic (exact) mass is 315 g/mol. The molecule has 0 unspecified atom stereocenters. The van der Waals surface area contributed by atoms with Crippen molar-refractivity contribution in [2.24, 2.45) is 0 Å². The maximum atomic E-state index is 12.4. The SMILES string of the molecule is CC(C)S(=O)(=O)N(CCN(C)C)c1ccc([N+](=O)[O-])cc1. The van der Waals surface area contributed by atoms with E-state index in [1.165, 1.54) is 28.6 Å². The Morgan fingerprint density at radius 2 is 1.67 bits per heavy atom. The van der Waals surface area contributed by atoms with E-state index >= 15 is 0 Å². The van der Waals surface area contributed by atoms with E-state index in [1.54, 1.807) is 13.8 Å². The molecule has 0 bridgehead atoms. The van der Waals surface area contributed by atoms with Gasteiger partial charge < -0.3 is 4.90 Å². The summed E-state index contributed by atoms with van der Waals surface area (Å²) in [5.41, 5.74) is 0.379. The number of nitro benzene ring substituents is 1. The zero-order valence-corrected chi connectivity index (χ0v) is 13.5. The first-order valence-corrected chi connectivity index (χ1v) is 8.07. The Kier molecular flexibility index (Phi) is 5.68. The lowest BCUT2D eigenvalue weighted by Gasteiger charge is -2.27. The molecule has 0 N–H and O–H groups in total. The fourth-order valence-corrected chi connectivity index (χ4v) is 2.95. The topological polar surface area (TPSA) is 83.8 Å². The highest BCUT2D eigenvalue weighted by molar-refractivity contribution is 7.93. The van der Waals surface area contributed by atoms with Crippen LogP contribution in [0.1, 0.15) is 13.8 Å². The second-order valence-corrected chi connectivity index (χ2v) is 7.66. The Morgan fingerprint density at radius 1 is 1.14 bits per heavy atom. The summed E-state index contributed by atoms with van der Waals surface area (Å²) < 4.78 is 26.2. The third-order valence-electron chi connectivity index (χ3n) is 3.00. The summed E-state index contributed by atoms with van der Waals surface area (Å²) in [6.45, 7) is 4.08. The summed E-state index contributed by atoms with van der Waals surface area (Å²) in [5.74, 6) is 0. The normalized spacial score (nSPS) is 11.9. The van der Waals surface area contributed by atoms with Gasteiger partial charge in [0.15, 0.2) is 0 Å². The van der Waals surface area contributed by atoms with Gasteiger partial charge in [-0.25, -0.2) is 8.42 Å². The van der Waals surface area contributed by atoms with E-state index in [0.29, 0.717) is 18.8 Å². The number of non-ortho nitro benzene ring substituents is 1. The van der Waals surface area contributed by atoms with E-state index in [9.17, 15) is 18.5 Å². The van der Waals surface area contributed by atoms with Crippen LogP contribution in [0.5, 0.6) is 0 Å². The molecule has 21 heavy (non-hydrogen) atoms. The zero-order valence-electron chi connectivity index (χ0n) is 12.7. The van der Waals surface area contributed by atoms with Crippen LogP contribution in [0.2, 0.25) is 0 Å². The summed E-state index contributed by atoms with van der Waals surface area (Å²) >= 11 is 0. The van der Waals surface area contributed by atoms with Crippen LogP contribution in [0.25, 0.3) is 0 Å². The molecule has 0 aliphatic carbocycles. The van der Waals surface area contributed by atoms with Gasteiger partial charge in [-0.2, -0.15) is 0 Å². The van der Waals surface area contributed by atoms with Crippen LogP contribution < -0.4 is 4.31 Å². The maximum absolute atomic E-state index is 12.4. The Morgan fingerprint density at radius 3 is 2.05 bits per heavy atom. The van der Waals surface area contributed by atoms with E-state index < -0.39 is 20.2 Å². The van der Waals surface area contributed by atoms with Crippen molar-refractivity contribution >= 4 is 21.4 Å². The number of likely N-dealkylation sites (N-methyl/N-ethyl adjacent to an activating group) is 1. The number of hydrogen-bond donors (Lipinski definition) is 0. The molecule has 0 heterocycles. The number of benzene rings is 1. The van der Waals surface area contributed by atoms with Gasteiger partial charge in [-0.05, 0) is 40.1 Å². The predicted molar refractivity (Wildman–Crippen MR) is 83.1 cm³/mol. The molecule has 118 valence electrons. The number of anilines is 1. The molecule has 0 saturated heterocycles. The molecule has 0 spiro atoms. The van der Waals surface area contributed by atoms with Crippen molar-refractivity contribution in [3.8, 4) is 0 Å². The Hall–Kier alpha value is -1.67. The quantitative estimate of drug-likeness (QED) is 0.565. The highest BCUT2D eigenvalue weighted by Gasteiger charge is 2.26. The minimum atomic E-state index is -3.48. The van der Waals surface area contributed by atoms with Crippen LogP contribution in [-0.4, -0.2) is 50.7 Å². The lowest BCUT2D eigenvalue weighted by Crippen LogP contribution is -2.40. The molecule has 0 aliphatic rings. The van der Waals surface area contributed by atoms with Gasteiger partial charge in [0.2, 0.25) is 10.0 Å². The first-order valence-electron chi connectivity index (χ1n) is 6.57. The summed E-state index contributed by atoms with van der Waals surface area (Å²) in [4.78, 5) is 12.0. The van der Waals surface area contributed by atoms with Crippen molar-refractivity contribution in [2.75, 3.05) is 31.5 Å². The molecule has 0 atom stereocenters. The highest BCUT2D eigenvalue weighted by Crippen LogP contribution is 2.23. The molecule has 7 nitrogen and oxygen atoms in total. The van der Waals surface area contributed by atoms with Gasteiger partial charge in [-0.15, -0.1) is 0 Å². The summed E-state index contributed by atoms with van der Waals surface area (Å²) in [7, 11) is 0.230. The number of rotatable bonds is 7. The molecule has 0 saturated carbocycles. The fraction of sp³-hybridized carbons (Fsp3) is 0.538. The minimum Gasteiger partial charge on any atom is -0.308 e. The molecule has 1 aromatic rings. The molecule has 1 rings (SSSR count). The van der Waals surface area contributed by atoms with Crippen LogP contribution in [-0.2, 0) is 10.0 Å². The Bertz CT molecular complexity index is 582. The van der Waals surface area contributed by atoms with Crippen molar-refractivity contribution in [3.63, 3.8) is 0 Å². The predicted octanol–water partition coefficient (Wildman–Crippen LogP) is 1.70. The summed E-state index contributed by atoms with van der Waals surface area (Å²) in [6, 6.07) is 5.56. The largest absolute Gasteiger partial charge is 0.308 e. The summed E-state index contributed by atoms with van der Waals surface area (Å²) in [6.07, 6.45) is 0. The molecule has 0 aromatic heterocycles. The second kappa shape index (κ2) is 6.86. The van der Waals surface area contributed by atoms with Gasteiger partial charge in [0.05, 0.1) is 15.9 Å². The van der Waals surface area contributed by atoms with E-state index in [2.05, 4.69) is 0 Å². The average molecular weight is 315 g/mol. The Balaban J connectivity index is 3.14. The minimum absolute atomic E-state index is 0.0618. The van der Waals surface area contributed by atoms with Crippen molar-refractivity contribution in [3.05, 3.63) is 34.4 Å². The molecule has 1 aromatic carbocycles. The number of hydrogen-bond acceptors (Lipinski definition) is 5. The standard InChI is InChI=1S/C13H21N3O4S/c1-11(2)21(19,20)15(10-9-14(3)4)12-5-7-13(8-6-12)16(17)18/h5-8,11H,9-10H2,1-4H3. The second-order valence-electron chi connectivity index (χ2n) is 5.24. The highest BCUT2D eigenvalue weighted by atomic mass is 32.2. The van der Waals surface area contributed by atoms with Crippen LogP contribution in [0.3, 0.4) is 0 Å². The van der Waals surface area contributed by atoms with Gasteiger partial charge in [0, 0.05) is 25.2 Å². The van der Waals surface area contributed by atoms with Gasteiger partial charge in [-0.1, -0.05) is 0 Å². The smallest absolute Gasteiger partial charge is 0.269 e. The molecular formula is C13H21N3O4S. The van der Waals surface area contributed by atoms with Crippen molar-refractivity contribution < 1.29 is 13.3 Å². The van der Waals surface area contributed by atoms with E-state index in [-0.39, 0.29) is 5.69 Å². The van der Waals surface area contributed by atoms with E-state index in [4.69, 9.17) is 0 Å². The average Bonchev–Trinajstić information content (AvgIpc) is 2.38. The molecule has 0 aliphatic heterocycles. The van der Waals surface area contributed by atoms with E-state index in [0.717, 1.165) is 0 Å². The Labute approximate surface area is 125 Å². The molecule has 0 fully saturated rings. The van der Waals surface area contributed by atoms with Gasteiger partial charge in [-0.3, -0.25) is 14.4 Å². The van der Waals surface area contributed by atoms with Crippen LogP contribution in [0, 0.1) is 10.1 Å². The summed E-state index contributed by atoms with van der Waals surface area (Å²) in [5, 5.41) is 10.1. The van der Waals surface area contributed by atoms with Crippen molar-refractivity contribution in [2.45, 2.75) is 19.1 Å². The third kappa shape index (κ3) is 4.40. The van der Waals surface area contributed by atoms with Crippen molar-refractivity contribution in [1.29, 1.82) is 0 Å². The molecule has 0 amide bonds. The number of nitro groups is 1. The van der Waals surface area contributed by atoms with Crippen LogP contribution in [0.4, 0.5) is 11.4 Å². The van der Waals surface area contributed by atoms with Crippen molar-refractivity contribution in [1.82, 2.24) is 4.90 Å². The number of nitrogens with zero attached hydrogens (tertiary/aromatic N) is 3. The maximum Gasteiger partial charge on any atom is 0.269 e. The first-order chi connectivity index (χ1) is 9.66. The van der Waals surface area contributed by atoms with Crippen LogP contribution in [0.15, 0.2) is 24.3 Å².